The molecule has 1 aliphatic rings. The Bertz CT molecular complexity index is 213. The summed E-state index contributed by atoms with van der Waals surface area (Å²) < 4.78 is 4.98. The topological polar surface area (TPSA) is 52.3 Å². The fourth-order valence-corrected chi connectivity index (χ4v) is 0.875. The van der Waals surface area contributed by atoms with Crippen LogP contribution in [0.5, 0.6) is 0 Å². The van der Waals surface area contributed by atoms with Crippen LogP contribution in [0.1, 0.15) is 20.8 Å². The highest BCUT2D eigenvalue weighted by atomic mass is 16.5. The number of nitrogens with two attached hydrogens (primary N) is 1. The van der Waals surface area contributed by atoms with Gasteiger partial charge in [0.25, 0.3) is 0 Å². The molecular weight excluding hydrogens is 142 g/mol. The standard InChI is InChI=1S/C8H13NO2/c1-8(2,3)6-4-5(9)7(10)11-6/h4,6H,9H2,1-3H3/t6-/m1/s1. The van der Waals surface area contributed by atoms with Crippen molar-refractivity contribution in [1.29, 1.82) is 0 Å². The van der Waals surface area contributed by atoms with E-state index in [9.17, 15) is 4.79 Å². The van der Waals surface area contributed by atoms with Crippen LogP contribution in [-0.4, -0.2) is 12.1 Å². The van der Waals surface area contributed by atoms with Gasteiger partial charge in [-0.15, -0.1) is 0 Å². The van der Waals surface area contributed by atoms with Crippen molar-refractivity contribution in [2.24, 2.45) is 11.1 Å². The lowest BCUT2D eigenvalue weighted by Crippen LogP contribution is -2.25. The van der Waals surface area contributed by atoms with Gasteiger partial charge in [0.15, 0.2) is 0 Å². The predicted octanol–water partition coefficient (Wildman–Crippen LogP) is 0.800. The fourth-order valence-electron chi connectivity index (χ4n) is 0.875. The molecule has 0 radical (unpaired) electrons. The van der Waals surface area contributed by atoms with Gasteiger partial charge in [-0.25, -0.2) is 4.79 Å². The molecule has 0 amide bonds. The Balaban J connectivity index is 2.76. The molecule has 2 N–H and O–H groups in total. The molecule has 62 valence electrons. The third kappa shape index (κ3) is 1.53. The molecular formula is C8H13NO2. The van der Waals surface area contributed by atoms with Crippen molar-refractivity contribution in [2.75, 3.05) is 0 Å². The van der Waals surface area contributed by atoms with Gasteiger partial charge in [-0.3, -0.25) is 0 Å². The molecule has 0 aromatic heterocycles. The molecule has 1 heterocycles. The molecule has 1 rings (SSSR count). The van der Waals surface area contributed by atoms with Gasteiger partial charge < -0.3 is 10.5 Å². The van der Waals surface area contributed by atoms with Crippen LogP contribution >= 0.6 is 0 Å². The Morgan fingerprint density at radius 2 is 2.09 bits per heavy atom. The van der Waals surface area contributed by atoms with Gasteiger partial charge >= 0.3 is 5.97 Å². The summed E-state index contributed by atoms with van der Waals surface area (Å²) in [6.45, 7) is 6.00. The van der Waals surface area contributed by atoms with Crippen LogP contribution in [0.25, 0.3) is 0 Å². The molecule has 0 aromatic rings. The maximum absolute atomic E-state index is 10.8. The second-order valence-electron chi connectivity index (χ2n) is 3.81. The molecule has 3 heteroatoms. The molecule has 0 aromatic carbocycles. The predicted molar refractivity (Wildman–Crippen MR) is 41.6 cm³/mol. The van der Waals surface area contributed by atoms with Crippen LogP contribution in [0, 0.1) is 5.41 Å². The minimum atomic E-state index is -0.398. The van der Waals surface area contributed by atoms with Crippen LogP contribution in [0.3, 0.4) is 0 Å². The molecule has 0 bridgehead atoms. The quantitative estimate of drug-likeness (QED) is 0.526. The maximum atomic E-state index is 10.8. The van der Waals surface area contributed by atoms with Crippen molar-refractivity contribution in [2.45, 2.75) is 26.9 Å². The molecule has 0 fully saturated rings. The van der Waals surface area contributed by atoms with E-state index in [1.807, 2.05) is 20.8 Å². The van der Waals surface area contributed by atoms with E-state index >= 15 is 0 Å². The Morgan fingerprint density at radius 1 is 1.55 bits per heavy atom. The van der Waals surface area contributed by atoms with Crippen molar-refractivity contribution in [3.8, 4) is 0 Å². The first kappa shape index (κ1) is 8.11. The first-order chi connectivity index (χ1) is 4.91. The second-order valence-corrected chi connectivity index (χ2v) is 3.81. The number of carbonyl (C=O) groups excluding carboxylic acids is 1. The van der Waals surface area contributed by atoms with E-state index in [4.69, 9.17) is 10.5 Å². The highest BCUT2D eigenvalue weighted by Gasteiger charge is 2.32. The van der Waals surface area contributed by atoms with Crippen LogP contribution in [-0.2, 0) is 9.53 Å². The van der Waals surface area contributed by atoms with Gasteiger partial charge in [-0.05, 0) is 6.08 Å². The number of carbonyl (C=O) groups is 1. The molecule has 1 atom stereocenters. The summed E-state index contributed by atoms with van der Waals surface area (Å²) in [7, 11) is 0. The third-order valence-electron chi connectivity index (χ3n) is 1.65. The van der Waals surface area contributed by atoms with E-state index < -0.39 is 5.97 Å². The van der Waals surface area contributed by atoms with E-state index in [0.29, 0.717) is 0 Å². The summed E-state index contributed by atoms with van der Waals surface area (Å²) in [5.74, 6) is -0.398. The van der Waals surface area contributed by atoms with Crippen LogP contribution < -0.4 is 5.73 Å². The highest BCUT2D eigenvalue weighted by Crippen LogP contribution is 2.27. The summed E-state index contributed by atoms with van der Waals surface area (Å²) in [6.07, 6.45) is 1.50. The van der Waals surface area contributed by atoms with Crippen molar-refractivity contribution in [3.63, 3.8) is 0 Å². The third-order valence-corrected chi connectivity index (χ3v) is 1.65. The first-order valence-electron chi connectivity index (χ1n) is 3.59. The zero-order chi connectivity index (χ0) is 8.65. The molecule has 0 spiro atoms. The van der Waals surface area contributed by atoms with Crippen molar-refractivity contribution in [3.05, 3.63) is 11.8 Å². The lowest BCUT2D eigenvalue weighted by atomic mass is 9.89. The second kappa shape index (κ2) is 2.26. The zero-order valence-electron chi connectivity index (χ0n) is 7.05. The summed E-state index contributed by atoms with van der Waals surface area (Å²) in [4.78, 5) is 10.8. The number of rotatable bonds is 0. The Morgan fingerprint density at radius 3 is 2.27 bits per heavy atom. The molecule has 3 nitrogen and oxygen atoms in total. The Labute approximate surface area is 66.2 Å². The normalized spacial score (nSPS) is 24.8. The minimum absolute atomic E-state index is 0.0587. The van der Waals surface area contributed by atoms with Gasteiger partial charge in [0, 0.05) is 5.41 Å². The number of ether oxygens (including phenoxy) is 1. The summed E-state index contributed by atoms with van der Waals surface area (Å²) in [6, 6.07) is 0. The molecule has 11 heavy (non-hydrogen) atoms. The van der Waals surface area contributed by atoms with Crippen molar-refractivity contribution in [1.82, 2.24) is 0 Å². The summed E-state index contributed by atoms with van der Waals surface area (Å²) >= 11 is 0. The average Bonchev–Trinajstić information content (AvgIpc) is 2.11. The van der Waals surface area contributed by atoms with Crippen LogP contribution in [0.2, 0.25) is 0 Å². The summed E-state index contributed by atoms with van der Waals surface area (Å²) in [5.41, 5.74) is 5.52. The van der Waals surface area contributed by atoms with E-state index in [-0.39, 0.29) is 17.2 Å². The first-order valence-corrected chi connectivity index (χ1v) is 3.59. The number of esters is 1. The Kier molecular flexibility index (Phi) is 1.66. The van der Waals surface area contributed by atoms with E-state index in [0.717, 1.165) is 0 Å². The molecule has 0 unspecified atom stereocenters. The largest absolute Gasteiger partial charge is 0.453 e. The van der Waals surface area contributed by atoms with E-state index in [2.05, 4.69) is 0 Å². The number of cyclic esters (lactones) is 1. The van der Waals surface area contributed by atoms with Gasteiger partial charge in [0.05, 0.1) is 0 Å². The van der Waals surface area contributed by atoms with E-state index in [1.165, 1.54) is 0 Å². The molecule has 0 saturated heterocycles. The number of hydrogen-bond donors (Lipinski definition) is 1. The van der Waals surface area contributed by atoms with Crippen LogP contribution in [0.4, 0.5) is 0 Å². The number of hydrogen-bond acceptors (Lipinski definition) is 3. The average molecular weight is 155 g/mol. The van der Waals surface area contributed by atoms with Crippen LogP contribution in [0.15, 0.2) is 11.8 Å². The highest BCUT2D eigenvalue weighted by molar-refractivity contribution is 5.89. The monoisotopic (exact) mass is 155 g/mol. The van der Waals surface area contributed by atoms with Gasteiger partial charge in [0.2, 0.25) is 0 Å². The minimum Gasteiger partial charge on any atom is -0.453 e. The molecule has 0 aliphatic carbocycles. The maximum Gasteiger partial charge on any atom is 0.354 e. The SMILES string of the molecule is CC(C)(C)[C@H]1C=C(N)C(=O)O1. The van der Waals surface area contributed by atoms with Gasteiger partial charge in [-0.1, -0.05) is 20.8 Å². The fraction of sp³-hybridized carbons (Fsp3) is 0.625. The van der Waals surface area contributed by atoms with E-state index in [1.54, 1.807) is 6.08 Å². The van der Waals surface area contributed by atoms with Gasteiger partial charge in [0.1, 0.15) is 11.8 Å². The van der Waals surface area contributed by atoms with Gasteiger partial charge in [-0.2, -0.15) is 0 Å². The zero-order valence-corrected chi connectivity index (χ0v) is 7.05. The lowest BCUT2D eigenvalue weighted by Gasteiger charge is -2.23. The lowest BCUT2D eigenvalue weighted by molar-refractivity contribution is -0.143. The Hall–Kier alpha value is -0.990. The summed E-state index contributed by atoms with van der Waals surface area (Å²) in [5, 5.41) is 0. The van der Waals surface area contributed by atoms with Crippen molar-refractivity contribution >= 4 is 5.97 Å². The smallest absolute Gasteiger partial charge is 0.354 e. The van der Waals surface area contributed by atoms with Crippen molar-refractivity contribution < 1.29 is 9.53 Å². The molecule has 1 aliphatic heterocycles. The molecule has 0 saturated carbocycles.